The molecular weight excluding hydrogens is 248 g/mol. The molecule has 0 saturated carbocycles. The van der Waals surface area contributed by atoms with E-state index in [1.807, 2.05) is 20.8 Å². The maximum Gasteiger partial charge on any atom is 0.282 e. The zero-order chi connectivity index (χ0) is 14.6. The second-order valence-electron chi connectivity index (χ2n) is 5.35. The van der Waals surface area contributed by atoms with Gasteiger partial charge in [0.25, 0.3) is 11.6 Å². The van der Waals surface area contributed by atoms with Crippen LogP contribution < -0.4 is 5.32 Å². The van der Waals surface area contributed by atoms with E-state index in [2.05, 4.69) is 5.32 Å². The lowest BCUT2D eigenvalue weighted by Gasteiger charge is -2.29. The van der Waals surface area contributed by atoms with E-state index in [1.54, 1.807) is 6.07 Å². The summed E-state index contributed by atoms with van der Waals surface area (Å²) in [5.74, 6) is -0.554. The number of nitro groups is 1. The highest BCUT2D eigenvalue weighted by Crippen LogP contribution is 2.21. The van der Waals surface area contributed by atoms with E-state index in [1.165, 1.54) is 18.2 Å². The first-order chi connectivity index (χ1) is 8.77. The molecule has 2 N–H and O–H groups in total. The molecule has 1 rings (SSSR count). The number of hydrogen-bond donors (Lipinski definition) is 2. The van der Waals surface area contributed by atoms with Crippen LogP contribution in [-0.4, -0.2) is 28.6 Å². The number of hydrogen-bond acceptors (Lipinski definition) is 4. The predicted octanol–water partition coefficient (Wildman–Crippen LogP) is 1.73. The standard InChI is InChI=1S/C13H18N2O4/c1-13(2,3)11(8-16)14-12(17)9-6-4-5-7-10(9)15(18)19/h4-7,11,16H,8H2,1-3H3,(H,14,17)/t11-/m1/s1. The van der Waals surface area contributed by atoms with Crippen LogP contribution in [-0.2, 0) is 0 Å². The molecular formula is C13H18N2O4. The Bertz CT molecular complexity index is 480. The topological polar surface area (TPSA) is 92.5 Å². The van der Waals surface area contributed by atoms with Crippen molar-refractivity contribution < 1.29 is 14.8 Å². The minimum atomic E-state index is -0.597. The molecule has 0 unspecified atom stereocenters. The lowest BCUT2D eigenvalue weighted by Crippen LogP contribution is -2.46. The number of aliphatic hydroxyl groups excluding tert-OH is 1. The number of carbonyl (C=O) groups is 1. The summed E-state index contributed by atoms with van der Waals surface area (Å²) in [7, 11) is 0. The number of nitro benzene ring substituents is 1. The van der Waals surface area contributed by atoms with Crippen molar-refractivity contribution in [2.75, 3.05) is 6.61 Å². The molecule has 0 spiro atoms. The molecule has 1 aromatic rings. The van der Waals surface area contributed by atoms with E-state index in [0.717, 1.165) is 0 Å². The van der Waals surface area contributed by atoms with Crippen molar-refractivity contribution in [1.29, 1.82) is 0 Å². The van der Waals surface area contributed by atoms with E-state index in [0.29, 0.717) is 0 Å². The summed E-state index contributed by atoms with van der Waals surface area (Å²) in [6, 6.07) is 5.26. The van der Waals surface area contributed by atoms with Crippen LogP contribution in [0.25, 0.3) is 0 Å². The third kappa shape index (κ3) is 3.75. The molecule has 0 heterocycles. The van der Waals surface area contributed by atoms with Crippen LogP contribution in [0, 0.1) is 15.5 Å². The van der Waals surface area contributed by atoms with Crippen LogP contribution in [0.2, 0.25) is 0 Å². The second-order valence-corrected chi connectivity index (χ2v) is 5.35. The minimum Gasteiger partial charge on any atom is -0.394 e. The number of aliphatic hydroxyl groups is 1. The molecule has 0 fully saturated rings. The van der Waals surface area contributed by atoms with Gasteiger partial charge in [0.2, 0.25) is 0 Å². The van der Waals surface area contributed by atoms with Crippen molar-refractivity contribution in [3.63, 3.8) is 0 Å². The predicted molar refractivity (Wildman–Crippen MR) is 70.9 cm³/mol. The molecule has 19 heavy (non-hydrogen) atoms. The number of nitrogens with one attached hydrogen (secondary N) is 1. The van der Waals surface area contributed by atoms with Crippen LogP contribution in [0.15, 0.2) is 24.3 Å². The van der Waals surface area contributed by atoms with Gasteiger partial charge in [0.15, 0.2) is 0 Å². The van der Waals surface area contributed by atoms with E-state index in [-0.39, 0.29) is 23.3 Å². The Morgan fingerprint density at radius 1 is 1.42 bits per heavy atom. The maximum atomic E-state index is 12.1. The van der Waals surface area contributed by atoms with E-state index >= 15 is 0 Å². The Balaban J connectivity index is 2.99. The molecule has 1 atom stereocenters. The van der Waals surface area contributed by atoms with Gasteiger partial charge in [-0.25, -0.2) is 0 Å². The zero-order valence-electron chi connectivity index (χ0n) is 11.2. The molecule has 6 heteroatoms. The average molecular weight is 266 g/mol. The molecule has 0 aliphatic rings. The molecule has 104 valence electrons. The monoisotopic (exact) mass is 266 g/mol. The molecule has 6 nitrogen and oxygen atoms in total. The van der Waals surface area contributed by atoms with Crippen molar-refractivity contribution in [2.45, 2.75) is 26.8 Å². The maximum absolute atomic E-state index is 12.1. The first-order valence-corrected chi connectivity index (χ1v) is 5.92. The number of carbonyl (C=O) groups excluding carboxylic acids is 1. The van der Waals surface area contributed by atoms with E-state index in [9.17, 15) is 20.0 Å². The van der Waals surface area contributed by atoms with Crippen LogP contribution in [0.4, 0.5) is 5.69 Å². The van der Waals surface area contributed by atoms with Crippen molar-refractivity contribution >= 4 is 11.6 Å². The fourth-order valence-electron chi connectivity index (χ4n) is 1.60. The normalized spacial score (nSPS) is 12.8. The Morgan fingerprint density at radius 2 is 2.00 bits per heavy atom. The summed E-state index contributed by atoms with van der Waals surface area (Å²) in [6.07, 6.45) is 0. The Labute approximate surface area is 111 Å². The molecule has 0 saturated heterocycles. The van der Waals surface area contributed by atoms with Gasteiger partial charge in [-0.1, -0.05) is 32.9 Å². The minimum absolute atomic E-state index is 0.00444. The van der Waals surface area contributed by atoms with Crippen LogP contribution >= 0.6 is 0 Å². The van der Waals surface area contributed by atoms with Gasteiger partial charge in [-0.3, -0.25) is 14.9 Å². The van der Waals surface area contributed by atoms with Crippen molar-refractivity contribution in [3.8, 4) is 0 Å². The van der Waals surface area contributed by atoms with Gasteiger partial charge in [0.05, 0.1) is 17.6 Å². The summed E-state index contributed by atoms with van der Waals surface area (Å²) < 4.78 is 0. The SMILES string of the molecule is CC(C)(C)[C@@H](CO)NC(=O)c1ccccc1[N+](=O)[O-]. The lowest BCUT2D eigenvalue weighted by molar-refractivity contribution is -0.385. The third-order valence-corrected chi connectivity index (χ3v) is 2.88. The van der Waals surface area contributed by atoms with Crippen molar-refractivity contribution in [3.05, 3.63) is 39.9 Å². The zero-order valence-corrected chi connectivity index (χ0v) is 11.2. The van der Waals surface area contributed by atoms with Gasteiger partial charge >= 0.3 is 0 Å². The second kappa shape index (κ2) is 5.79. The highest BCUT2D eigenvalue weighted by atomic mass is 16.6. The summed E-state index contributed by atoms with van der Waals surface area (Å²) in [5, 5.41) is 22.8. The van der Waals surface area contributed by atoms with Gasteiger partial charge in [-0.15, -0.1) is 0 Å². The van der Waals surface area contributed by atoms with Gasteiger partial charge in [-0.05, 0) is 11.5 Å². The highest BCUT2D eigenvalue weighted by molar-refractivity contribution is 5.98. The number of benzene rings is 1. The van der Waals surface area contributed by atoms with E-state index in [4.69, 9.17) is 0 Å². The van der Waals surface area contributed by atoms with E-state index < -0.39 is 16.9 Å². The van der Waals surface area contributed by atoms with Crippen molar-refractivity contribution in [2.24, 2.45) is 5.41 Å². The van der Waals surface area contributed by atoms with Crippen LogP contribution in [0.1, 0.15) is 31.1 Å². The molecule has 0 radical (unpaired) electrons. The lowest BCUT2D eigenvalue weighted by atomic mass is 9.87. The average Bonchev–Trinajstić information content (AvgIpc) is 2.34. The molecule has 1 amide bonds. The summed E-state index contributed by atoms with van der Waals surface area (Å²) in [5.41, 5.74) is -0.589. The van der Waals surface area contributed by atoms with Gasteiger partial charge in [0, 0.05) is 6.07 Å². The van der Waals surface area contributed by atoms with Gasteiger partial charge < -0.3 is 10.4 Å². The number of rotatable bonds is 4. The molecule has 0 aliphatic carbocycles. The first kappa shape index (κ1) is 15.1. The largest absolute Gasteiger partial charge is 0.394 e. The summed E-state index contributed by atoms with van der Waals surface area (Å²) in [6.45, 7) is 5.38. The fourth-order valence-corrected chi connectivity index (χ4v) is 1.60. The van der Waals surface area contributed by atoms with Gasteiger partial charge in [0.1, 0.15) is 5.56 Å². The number of amides is 1. The van der Waals surface area contributed by atoms with Crippen molar-refractivity contribution in [1.82, 2.24) is 5.32 Å². The molecule has 0 bridgehead atoms. The molecule has 0 aromatic heterocycles. The fraction of sp³-hybridized carbons (Fsp3) is 0.462. The molecule has 0 aliphatic heterocycles. The first-order valence-electron chi connectivity index (χ1n) is 5.92. The van der Waals surface area contributed by atoms with Gasteiger partial charge in [-0.2, -0.15) is 0 Å². The highest BCUT2D eigenvalue weighted by Gasteiger charge is 2.28. The third-order valence-electron chi connectivity index (χ3n) is 2.88. The summed E-state index contributed by atoms with van der Waals surface area (Å²) in [4.78, 5) is 22.3. The number of para-hydroxylation sites is 1. The summed E-state index contributed by atoms with van der Waals surface area (Å²) >= 11 is 0. The quantitative estimate of drug-likeness (QED) is 0.641. The Hall–Kier alpha value is -1.95. The Morgan fingerprint density at radius 3 is 2.47 bits per heavy atom. The van der Waals surface area contributed by atoms with Crippen LogP contribution in [0.3, 0.4) is 0 Å². The molecule has 1 aromatic carbocycles. The van der Waals surface area contributed by atoms with Crippen LogP contribution in [0.5, 0.6) is 0 Å². The number of nitrogens with zero attached hydrogens (tertiary/aromatic N) is 1. The Kier molecular flexibility index (Phi) is 4.61. The smallest absolute Gasteiger partial charge is 0.282 e.